The molecule has 10 heteroatoms. The minimum Gasteiger partial charge on any atom is -0.495 e. The molecule has 0 saturated carbocycles. The Bertz CT molecular complexity index is 1230. The first-order valence-corrected chi connectivity index (χ1v) is 12.1. The van der Waals surface area contributed by atoms with Gasteiger partial charge in [0.05, 0.1) is 37.0 Å². The van der Waals surface area contributed by atoms with Gasteiger partial charge in [0.2, 0.25) is 10.0 Å². The Morgan fingerprint density at radius 1 is 1.28 bits per heavy atom. The first kappa shape index (κ1) is 21.8. The van der Waals surface area contributed by atoms with Gasteiger partial charge in [-0.05, 0) is 30.7 Å². The molecule has 32 heavy (non-hydrogen) atoms. The molecule has 168 valence electrons. The van der Waals surface area contributed by atoms with E-state index in [1.54, 1.807) is 23.0 Å². The molecule has 1 aromatic heterocycles. The molecule has 0 amide bonds. The van der Waals surface area contributed by atoms with Crippen LogP contribution in [0.4, 0.5) is 11.5 Å². The van der Waals surface area contributed by atoms with E-state index >= 15 is 0 Å². The summed E-state index contributed by atoms with van der Waals surface area (Å²) in [5.41, 5.74) is 10.6. The van der Waals surface area contributed by atoms with Crippen LogP contribution >= 0.6 is 0 Å². The van der Waals surface area contributed by atoms with Crippen LogP contribution in [0.25, 0.3) is 0 Å². The molecule has 2 aliphatic rings. The Morgan fingerprint density at radius 3 is 2.75 bits per heavy atom. The largest absolute Gasteiger partial charge is 0.495 e. The highest BCUT2D eigenvalue weighted by Gasteiger charge is 2.19. The van der Waals surface area contributed by atoms with Gasteiger partial charge in [-0.15, -0.1) is 0 Å². The molecule has 2 aromatic rings. The maximum absolute atomic E-state index is 11.9. The van der Waals surface area contributed by atoms with Gasteiger partial charge in [-0.25, -0.2) is 18.1 Å². The number of ether oxygens (including phenoxy) is 1. The Morgan fingerprint density at radius 2 is 2.06 bits per heavy atom. The SMILES string of the molecule is Cc1ccc(Cn2ncc(N=C3C=CC(=C4CNCCO4)C=C3NS(C)(=O)=O)c2N)cc1. The number of nitrogen functional groups attached to an aromatic ring is 1. The number of aryl methyl sites for hydroxylation is 1. The number of anilines is 1. The number of nitrogens with zero attached hydrogens (tertiary/aromatic N) is 3. The monoisotopic (exact) mass is 454 g/mol. The van der Waals surface area contributed by atoms with E-state index in [0.717, 1.165) is 29.7 Å². The molecule has 1 aromatic carbocycles. The number of allylic oxidation sites excluding steroid dienone is 4. The smallest absolute Gasteiger partial charge is 0.229 e. The average Bonchev–Trinajstić information content (AvgIpc) is 3.10. The number of aromatic nitrogens is 2. The molecule has 0 unspecified atom stereocenters. The Kier molecular flexibility index (Phi) is 6.15. The van der Waals surface area contributed by atoms with Crippen LogP contribution < -0.4 is 15.8 Å². The zero-order valence-corrected chi connectivity index (χ0v) is 18.8. The second kappa shape index (κ2) is 9.01. The van der Waals surface area contributed by atoms with Gasteiger partial charge in [0.15, 0.2) is 0 Å². The third-order valence-electron chi connectivity index (χ3n) is 5.01. The maximum Gasteiger partial charge on any atom is 0.229 e. The van der Waals surface area contributed by atoms with Crippen molar-refractivity contribution >= 4 is 27.2 Å². The van der Waals surface area contributed by atoms with E-state index in [-0.39, 0.29) is 0 Å². The molecule has 1 aliphatic heterocycles. The van der Waals surface area contributed by atoms with E-state index in [0.29, 0.717) is 42.6 Å². The summed E-state index contributed by atoms with van der Waals surface area (Å²) in [5.74, 6) is 1.15. The normalized spacial score (nSPS) is 20.2. The van der Waals surface area contributed by atoms with Crippen molar-refractivity contribution in [3.8, 4) is 0 Å². The van der Waals surface area contributed by atoms with Crippen LogP contribution in [-0.2, 0) is 21.3 Å². The molecule has 1 aliphatic carbocycles. The van der Waals surface area contributed by atoms with E-state index in [9.17, 15) is 8.42 Å². The van der Waals surface area contributed by atoms with Crippen molar-refractivity contribution in [1.29, 1.82) is 0 Å². The predicted octanol–water partition coefficient (Wildman–Crippen LogP) is 1.77. The topological polar surface area (TPSA) is 124 Å². The van der Waals surface area contributed by atoms with Crippen LogP contribution in [0.15, 0.2) is 70.7 Å². The minimum absolute atomic E-state index is 0.345. The Labute approximate surface area is 187 Å². The third kappa shape index (κ3) is 5.27. The van der Waals surface area contributed by atoms with Crippen LogP contribution in [0.5, 0.6) is 0 Å². The summed E-state index contributed by atoms with van der Waals surface area (Å²) in [4.78, 5) is 4.59. The van der Waals surface area contributed by atoms with E-state index in [4.69, 9.17) is 10.5 Å². The lowest BCUT2D eigenvalue weighted by Crippen LogP contribution is -2.31. The molecule has 0 bridgehead atoms. The highest BCUT2D eigenvalue weighted by Crippen LogP contribution is 2.26. The van der Waals surface area contributed by atoms with Crippen molar-refractivity contribution in [3.63, 3.8) is 0 Å². The van der Waals surface area contributed by atoms with Crippen molar-refractivity contribution in [2.75, 3.05) is 31.7 Å². The van der Waals surface area contributed by atoms with E-state index < -0.39 is 10.0 Å². The molecular weight excluding hydrogens is 428 g/mol. The number of hydrogen-bond acceptors (Lipinski definition) is 7. The molecule has 4 N–H and O–H groups in total. The number of rotatable bonds is 5. The van der Waals surface area contributed by atoms with Crippen molar-refractivity contribution in [1.82, 2.24) is 19.8 Å². The van der Waals surface area contributed by atoms with Crippen LogP contribution in [0.1, 0.15) is 11.1 Å². The summed E-state index contributed by atoms with van der Waals surface area (Å²) in [6.45, 7) is 4.46. The lowest BCUT2D eigenvalue weighted by atomic mass is 10.0. The molecule has 4 rings (SSSR count). The van der Waals surface area contributed by atoms with Crippen LogP contribution in [0.3, 0.4) is 0 Å². The first-order valence-electron chi connectivity index (χ1n) is 10.2. The van der Waals surface area contributed by atoms with Gasteiger partial charge in [-0.2, -0.15) is 5.10 Å². The fourth-order valence-corrected chi connectivity index (χ4v) is 3.93. The Balaban J connectivity index is 1.64. The van der Waals surface area contributed by atoms with Crippen LogP contribution in [0, 0.1) is 6.92 Å². The summed E-state index contributed by atoms with van der Waals surface area (Å²) >= 11 is 0. The Hall–Kier alpha value is -3.37. The van der Waals surface area contributed by atoms with E-state index in [1.807, 2.05) is 37.3 Å². The van der Waals surface area contributed by atoms with Gasteiger partial charge in [0.1, 0.15) is 23.9 Å². The summed E-state index contributed by atoms with van der Waals surface area (Å²) in [6.07, 6.45) is 7.98. The molecule has 1 fully saturated rings. The molecule has 0 atom stereocenters. The van der Waals surface area contributed by atoms with E-state index in [1.165, 1.54) is 5.56 Å². The predicted molar refractivity (Wildman–Crippen MR) is 125 cm³/mol. The molecule has 2 heterocycles. The van der Waals surface area contributed by atoms with Gasteiger partial charge in [0, 0.05) is 12.1 Å². The molecular formula is C22H26N6O3S. The summed E-state index contributed by atoms with van der Waals surface area (Å²) in [5, 5.41) is 7.59. The van der Waals surface area contributed by atoms with Gasteiger partial charge in [-0.3, -0.25) is 4.72 Å². The fraction of sp³-hybridized carbons (Fsp3) is 0.273. The van der Waals surface area contributed by atoms with Crippen LogP contribution in [0.2, 0.25) is 0 Å². The number of aliphatic imine (C=N–C) groups is 1. The second-order valence-corrected chi connectivity index (χ2v) is 9.47. The van der Waals surface area contributed by atoms with Crippen molar-refractivity contribution in [2.45, 2.75) is 13.5 Å². The van der Waals surface area contributed by atoms with Gasteiger partial charge < -0.3 is 15.8 Å². The highest BCUT2D eigenvalue weighted by atomic mass is 32.2. The van der Waals surface area contributed by atoms with Crippen molar-refractivity contribution in [2.24, 2.45) is 4.99 Å². The number of nitrogens with one attached hydrogen (secondary N) is 2. The highest BCUT2D eigenvalue weighted by molar-refractivity contribution is 7.88. The standard InChI is InChI=1S/C22H26N6O3S/c1-15-3-5-16(6-4-15)14-28-22(23)20(12-25-28)26-18-8-7-17(21-13-24-9-10-31-21)11-19(18)27-32(2,29)30/h3-8,11-12,24,27H,9-10,13-14,23H2,1-2H3. The molecule has 0 radical (unpaired) electrons. The minimum atomic E-state index is -3.52. The van der Waals surface area contributed by atoms with Crippen LogP contribution in [-0.4, -0.2) is 49.9 Å². The summed E-state index contributed by atoms with van der Waals surface area (Å²) in [7, 11) is -3.52. The number of nitrogens with two attached hydrogens (primary N) is 1. The lowest BCUT2D eigenvalue weighted by Gasteiger charge is -2.21. The second-order valence-electron chi connectivity index (χ2n) is 7.72. The number of morpholine rings is 1. The van der Waals surface area contributed by atoms with Gasteiger partial charge >= 0.3 is 0 Å². The van der Waals surface area contributed by atoms with Gasteiger partial charge in [-0.1, -0.05) is 29.8 Å². The number of hydrogen-bond donors (Lipinski definition) is 3. The molecule has 1 saturated heterocycles. The molecule has 0 spiro atoms. The summed E-state index contributed by atoms with van der Waals surface area (Å²) < 4.78 is 33.8. The number of benzene rings is 1. The lowest BCUT2D eigenvalue weighted by molar-refractivity contribution is 0.176. The van der Waals surface area contributed by atoms with Gasteiger partial charge in [0.25, 0.3) is 0 Å². The average molecular weight is 455 g/mol. The fourth-order valence-electron chi connectivity index (χ4n) is 3.37. The zero-order valence-electron chi connectivity index (χ0n) is 18.0. The van der Waals surface area contributed by atoms with Crippen molar-refractivity contribution < 1.29 is 13.2 Å². The first-order chi connectivity index (χ1) is 15.3. The summed E-state index contributed by atoms with van der Waals surface area (Å²) in [6, 6.07) is 8.13. The third-order valence-corrected chi connectivity index (χ3v) is 5.60. The maximum atomic E-state index is 11.9. The van der Waals surface area contributed by atoms with Crippen molar-refractivity contribution in [3.05, 3.63) is 76.8 Å². The zero-order chi connectivity index (χ0) is 22.7. The van der Waals surface area contributed by atoms with E-state index in [2.05, 4.69) is 20.1 Å². The molecule has 9 nitrogen and oxygen atoms in total. The number of sulfonamides is 1. The quantitative estimate of drug-likeness (QED) is 0.633.